The third-order valence-electron chi connectivity index (χ3n) is 3.32. The predicted molar refractivity (Wildman–Crippen MR) is 65.6 cm³/mol. The summed E-state index contributed by atoms with van der Waals surface area (Å²) in [5.41, 5.74) is 0. The number of ether oxygens (including phenoxy) is 1. The number of rotatable bonds is 5. The van der Waals surface area contributed by atoms with Crippen molar-refractivity contribution in [2.24, 2.45) is 5.92 Å². The summed E-state index contributed by atoms with van der Waals surface area (Å²) in [5, 5.41) is 13.0. The van der Waals surface area contributed by atoms with Crippen LogP contribution in [0, 0.1) is 5.92 Å². The third kappa shape index (κ3) is 3.10. The van der Waals surface area contributed by atoms with Gasteiger partial charge in [-0.25, -0.2) is 0 Å². The molecule has 19 heavy (non-hydrogen) atoms. The molecule has 1 aromatic heterocycles. The normalized spacial score (nSPS) is 23.4. The van der Waals surface area contributed by atoms with E-state index in [1.807, 2.05) is 25.8 Å². The lowest BCUT2D eigenvalue weighted by atomic mass is 10.0. The van der Waals surface area contributed by atoms with Crippen LogP contribution in [0.1, 0.15) is 31.5 Å². The van der Waals surface area contributed by atoms with Crippen LogP contribution in [0.2, 0.25) is 0 Å². The van der Waals surface area contributed by atoms with Gasteiger partial charge in [-0.05, 0) is 7.05 Å². The second-order valence-electron chi connectivity index (χ2n) is 5.17. The molecule has 1 aliphatic heterocycles. The molecule has 2 atom stereocenters. The van der Waals surface area contributed by atoms with E-state index in [4.69, 9.17) is 14.4 Å². The number of hydrogen-bond donors (Lipinski definition) is 1. The van der Waals surface area contributed by atoms with Gasteiger partial charge in [0.1, 0.15) is 0 Å². The summed E-state index contributed by atoms with van der Waals surface area (Å²) in [6.07, 6.45) is 0. The first kappa shape index (κ1) is 14.0. The van der Waals surface area contributed by atoms with Gasteiger partial charge < -0.3 is 14.4 Å². The van der Waals surface area contributed by atoms with Crippen LogP contribution < -0.4 is 0 Å². The molecule has 106 valence electrons. The first-order chi connectivity index (χ1) is 8.99. The lowest BCUT2D eigenvalue weighted by molar-refractivity contribution is -0.143. The van der Waals surface area contributed by atoms with Gasteiger partial charge in [0, 0.05) is 12.0 Å². The highest BCUT2D eigenvalue weighted by molar-refractivity contribution is 5.71. The van der Waals surface area contributed by atoms with Crippen molar-refractivity contribution in [3.05, 3.63) is 11.7 Å². The van der Waals surface area contributed by atoms with Crippen LogP contribution in [0.3, 0.4) is 0 Å². The van der Waals surface area contributed by atoms with Crippen LogP contribution in [-0.4, -0.2) is 52.4 Å². The average molecular weight is 269 g/mol. The maximum Gasteiger partial charge on any atom is 0.310 e. The molecule has 0 aliphatic carbocycles. The van der Waals surface area contributed by atoms with Crippen molar-refractivity contribution in [3.8, 4) is 0 Å². The maximum absolute atomic E-state index is 11.1. The highest BCUT2D eigenvalue weighted by atomic mass is 16.5. The topological polar surface area (TPSA) is 88.7 Å². The van der Waals surface area contributed by atoms with E-state index in [9.17, 15) is 4.79 Å². The molecule has 1 aromatic rings. The lowest BCUT2D eigenvalue weighted by Crippen LogP contribution is -2.40. The Bertz CT molecular complexity index is 446. The minimum Gasteiger partial charge on any atom is -0.481 e. The standard InChI is InChI=1S/C12H19N3O4/c1-7(2)11-13-10(19-14-11)4-15(3)9-6-18-5-8(9)12(16)17/h7-9H,4-6H2,1-3H3,(H,16,17). The molecular weight excluding hydrogens is 250 g/mol. The van der Waals surface area contributed by atoms with E-state index in [1.54, 1.807) is 0 Å². The Morgan fingerprint density at radius 1 is 1.53 bits per heavy atom. The van der Waals surface area contributed by atoms with E-state index in [0.29, 0.717) is 24.9 Å². The second kappa shape index (κ2) is 5.66. The van der Waals surface area contributed by atoms with Gasteiger partial charge in [0.25, 0.3) is 0 Å². The lowest BCUT2D eigenvalue weighted by Gasteiger charge is -2.24. The van der Waals surface area contributed by atoms with Gasteiger partial charge in [0.05, 0.1) is 25.7 Å². The van der Waals surface area contributed by atoms with Crippen molar-refractivity contribution in [1.29, 1.82) is 0 Å². The fourth-order valence-electron chi connectivity index (χ4n) is 2.11. The van der Waals surface area contributed by atoms with Gasteiger partial charge in [-0.15, -0.1) is 0 Å². The molecule has 0 bridgehead atoms. The van der Waals surface area contributed by atoms with Crippen molar-refractivity contribution in [1.82, 2.24) is 15.0 Å². The highest BCUT2D eigenvalue weighted by Crippen LogP contribution is 2.20. The number of hydrogen-bond acceptors (Lipinski definition) is 6. The molecule has 0 radical (unpaired) electrons. The summed E-state index contributed by atoms with van der Waals surface area (Å²) < 4.78 is 10.4. The molecule has 0 amide bonds. The van der Waals surface area contributed by atoms with Crippen LogP contribution in [-0.2, 0) is 16.1 Å². The van der Waals surface area contributed by atoms with E-state index >= 15 is 0 Å². The van der Waals surface area contributed by atoms with Crippen LogP contribution >= 0.6 is 0 Å². The van der Waals surface area contributed by atoms with Gasteiger partial charge in [0.15, 0.2) is 5.82 Å². The molecule has 0 aromatic carbocycles. The van der Waals surface area contributed by atoms with Gasteiger partial charge in [-0.3, -0.25) is 9.69 Å². The van der Waals surface area contributed by atoms with Crippen LogP contribution in [0.15, 0.2) is 4.52 Å². The van der Waals surface area contributed by atoms with Crippen molar-refractivity contribution in [2.45, 2.75) is 32.4 Å². The maximum atomic E-state index is 11.1. The molecule has 1 N–H and O–H groups in total. The minimum absolute atomic E-state index is 0.160. The van der Waals surface area contributed by atoms with Crippen LogP contribution in [0.4, 0.5) is 0 Å². The Morgan fingerprint density at radius 3 is 2.84 bits per heavy atom. The van der Waals surface area contributed by atoms with E-state index in [2.05, 4.69) is 10.1 Å². The van der Waals surface area contributed by atoms with Crippen LogP contribution in [0.5, 0.6) is 0 Å². The Kier molecular flexibility index (Phi) is 4.16. The van der Waals surface area contributed by atoms with E-state index in [-0.39, 0.29) is 18.6 Å². The zero-order valence-electron chi connectivity index (χ0n) is 11.4. The summed E-state index contributed by atoms with van der Waals surface area (Å²) in [6, 6.07) is -0.160. The molecule has 1 saturated heterocycles. The highest BCUT2D eigenvalue weighted by Gasteiger charge is 2.37. The second-order valence-corrected chi connectivity index (χ2v) is 5.17. The molecule has 7 nitrogen and oxygen atoms in total. The number of carboxylic acid groups (broad SMARTS) is 1. The SMILES string of the molecule is CC(C)c1noc(CN(C)C2COCC2C(=O)O)n1. The van der Waals surface area contributed by atoms with Crippen molar-refractivity contribution >= 4 is 5.97 Å². The Balaban J connectivity index is 1.99. The van der Waals surface area contributed by atoms with Crippen molar-refractivity contribution in [2.75, 3.05) is 20.3 Å². The van der Waals surface area contributed by atoms with Gasteiger partial charge in [-0.1, -0.05) is 19.0 Å². The summed E-state index contributed by atoms with van der Waals surface area (Å²) in [7, 11) is 1.84. The molecule has 1 aliphatic rings. The summed E-state index contributed by atoms with van der Waals surface area (Å²) >= 11 is 0. The van der Waals surface area contributed by atoms with E-state index in [0.717, 1.165) is 0 Å². The number of aromatic nitrogens is 2. The zero-order chi connectivity index (χ0) is 14.0. The Morgan fingerprint density at radius 2 is 2.26 bits per heavy atom. The molecular formula is C12H19N3O4. The zero-order valence-corrected chi connectivity index (χ0v) is 11.4. The number of aliphatic carboxylic acids is 1. The Hall–Kier alpha value is -1.47. The predicted octanol–water partition coefficient (Wildman–Crippen LogP) is 0.724. The number of nitrogens with zero attached hydrogens (tertiary/aromatic N) is 3. The molecule has 0 spiro atoms. The Labute approximate surface area is 111 Å². The average Bonchev–Trinajstić information content (AvgIpc) is 2.96. The van der Waals surface area contributed by atoms with Gasteiger partial charge >= 0.3 is 5.97 Å². The molecule has 2 rings (SSSR count). The third-order valence-corrected chi connectivity index (χ3v) is 3.32. The summed E-state index contributed by atoms with van der Waals surface area (Å²) in [5.74, 6) is 0.0488. The quantitative estimate of drug-likeness (QED) is 0.842. The monoisotopic (exact) mass is 269 g/mol. The number of likely N-dealkylation sites (N-methyl/N-ethyl adjacent to an activating group) is 1. The smallest absolute Gasteiger partial charge is 0.310 e. The summed E-state index contributed by atoms with van der Waals surface area (Å²) in [6.45, 7) is 5.08. The molecule has 7 heteroatoms. The van der Waals surface area contributed by atoms with Crippen molar-refractivity contribution < 1.29 is 19.2 Å². The fourth-order valence-corrected chi connectivity index (χ4v) is 2.11. The van der Waals surface area contributed by atoms with Gasteiger partial charge in [-0.2, -0.15) is 4.98 Å². The molecule has 1 fully saturated rings. The molecule has 2 unspecified atom stereocenters. The van der Waals surface area contributed by atoms with E-state index < -0.39 is 11.9 Å². The number of carbonyl (C=O) groups is 1. The molecule has 2 heterocycles. The largest absolute Gasteiger partial charge is 0.481 e. The first-order valence-electron chi connectivity index (χ1n) is 6.32. The van der Waals surface area contributed by atoms with Crippen molar-refractivity contribution in [3.63, 3.8) is 0 Å². The van der Waals surface area contributed by atoms with E-state index in [1.165, 1.54) is 0 Å². The molecule has 0 saturated carbocycles. The summed E-state index contributed by atoms with van der Waals surface area (Å²) in [4.78, 5) is 17.3. The minimum atomic E-state index is -0.831. The van der Waals surface area contributed by atoms with Crippen LogP contribution in [0.25, 0.3) is 0 Å². The van der Waals surface area contributed by atoms with Gasteiger partial charge in [0.2, 0.25) is 5.89 Å². The number of carboxylic acids is 1. The first-order valence-corrected chi connectivity index (χ1v) is 6.32. The fraction of sp³-hybridized carbons (Fsp3) is 0.750.